The van der Waals surface area contributed by atoms with Crippen LogP contribution in [0.1, 0.15) is 21.5 Å². The van der Waals surface area contributed by atoms with Crippen LogP contribution < -0.4 is 4.74 Å². The highest BCUT2D eigenvalue weighted by Crippen LogP contribution is 2.34. The Morgan fingerprint density at radius 1 is 1.06 bits per heavy atom. The van der Waals surface area contributed by atoms with Crippen LogP contribution in [0.3, 0.4) is 0 Å². The fourth-order valence-corrected chi connectivity index (χ4v) is 2.95. The highest BCUT2D eigenvalue weighted by molar-refractivity contribution is 9.10. The minimum absolute atomic E-state index is 0.205. The van der Waals surface area contributed by atoms with E-state index >= 15 is 0 Å². The van der Waals surface area contributed by atoms with Gasteiger partial charge in [0, 0.05) is 4.47 Å². The Hall–Kier alpha value is -0.800. The van der Waals surface area contributed by atoms with Crippen molar-refractivity contribution in [1.82, 2.24) is 0 Å². The van der Waals surface area contributed by atoms with E-state index in [1.165, 1.54) is 16.7 Å². The maximum atomic E-state index is 5.23. The molecule has 0 heterocycles. The van der Waals surface area contributed by atoms with Crippen molar-refractivity contribution in [3.8, 4) is 5.75 Å². The third-order valence-electron chi connectivity index (χ3n) is 2.91. The number of benzene rings is 2. The molecule has 2 rings (SSSR count). The summed E-state index contributed by atoms with van der Waals surface area (Å²) in [5, 5.41) is 0. The summed E-state index contributed by atoms with van der Waals surface area (Å²) in [7, 11) is 1.69. The molecule has 2 aromatic carbocycles. The van der Waals surface area contributed by atoms with E-state index in [0.29, 0.717) is 0 Å². The van der Waals surface area contributed by atoms with Gasteiger partial charge >= 0.3 is 0 Å². The van der Waals surface area contributed by atoms with Crippen molar-refractivity contribution >= 4 is 31.9 Å². The van der Waals surface area contributed by atoms with Crippen LogP contribution in [0.5, 0.6) is 5.75 Å². The molecule has 1 unspecified atom stereocenters. The first-order valence-electron chi connectivity index (χ1n) is 5.66. The van der Waals surface area contributed by atoms with E-state index < -0.39 is 0 Å². The summed E-state index contributed by atoms with van der Waals surface area (Å²) in [6.45, 7) is 2.10. The van der Waals surface area contributed by atoms with Gasteiger partial charge in [-0.3, -0.25) is 0 Å². The Morgan fingerprint density at radius 3 is 2.28 bits per heavy atom. The SMILES string of the molecule is COc1ccc(C(Br)c2ccc(Br)cc2)c(C)c1. The smallest absolute Gasteiger partial charge is 0.119 e. The van der Waals surface area contributed by atoms with Gasteiger partial charge in [0.05, 0.1) is 11.9 Å². The van der Waals surface area contributed by atoms with Gasteiger partial charge in [0.25, 0.3) is 0 Å². The standard InChI is InChI=1S/C15H14Br2O/c1-10-9-13(18-2)7-8-14(10)15(17)11-3-5-12(16)6-4-11/h3-9,15H,1-2H3. The summed E-state index contributed by atoms with van der Waals surface area (Å²) in [5.74, 6) is 0.895. The molecule has 0 saturated carbocycles. The number of halogens is 2. The first kappa shape index (κ1) is 13.6. The third-order valence-corrected chi connectivity index (χ3v) is 4.46. The van der Waals surface area contributed by atoms with Crippen LogP contribution in [0.15, 0.2) is 46.9 Å². The molecular weight excluding hydrogens is 356 g/mol. The van der Waals surface area contributed by atoms with Crippen LogP contribution in [-0.4, -0.2) is 7.11 Å². The van der Waals surface area contributed by atoms with E-state index in [1.807, 2.05) is 6.07 Å². The lowest BCUT2D eigenvalue weighted by Crippen LogP contribution is -1.96. The number of hydrogen-bond acceptors (Lipinski definition) is 1. The predicted octanol–water partition coefficient (Wildman–Crippen LogP) is 5.25. The minimum atomic E-state index is 0.205. The van der Waals surface area contributed by atoms with Crippen molar-refractivity contribution in [2.75, 3.05) is 7.11 Å². The lowest BCUT2D eigenvalue weighted by molar-refractivity contribution is 0.414. The lowest BCUT2D eigenvalue weighted by Gasteiger charge is -2.14. The Bertz CT molecular complexity index is 535. The molecule has 3 heteroatoms. The first-order chi connectivity index (χ1) is 8.61. The topological polar surface area (TPSA) is 9.23 Å². The molecule has 2 aromatic rings. The zero-order valence-electron chi connectivity index (χ0n) is 10.3. The normalized spacial score (nSPS) is 12.2. The molecule has 94 valence electrons. The van der Waals surface area contributed by atoms with Crippen LogP contribution in [0.2, 0.25) is 0 Å². The fraction of sp³-hybridized carbons (Fsp3) is 0.200. The van der Waals surface area contributed by atoms with Crippen molar-refractivity contribution < 1.29 is 4.74 Å². The number of hydrogen-bond donors (Lipinski definition) is 0. The Labute approximate surface area is 124 Å². The van der Waals surface area contributed by atoms with Gasteiger partial charge in [0.2, 0.25) is 0 Å². The monoisotopic (exact) mass is 368 g/mol. The number of aryl methyl sites for hydroxylation is 1. The average molecular weight is 370 g/mol. The second kappa shape index (κ2) is 5.89. The molecule has 0 radical (unpaired) electrons. The van der Waals surface area contributed by atoms with Gasteiger partial charge in [0.1, 0.15) is 5.75 Å². The lowest BCUT2D eigenvalue weighted by atomic mass is 10.0. The molecule has 0 N–H and O–H groups in total. The number of alkyl halides is 1. The van der Waals surface area contributed by atoms with E-state index in [-0.39, 0.29) is 4.83 Å². The molecule has 0 aliphatic rings. The van der Waals surface area contributed by atoms with E-state index in [4.69, 9.17) is 4.74 Å². The van der Waals surface area contributed by atoms with Gasteiger partial charge in [-0.05, 0) is 47.9 Å². The van der Waals surface area contributed by atoms with Gasteiger partial charge in [-0.15, -0.1) is 0 Å². The molecule has 0 fully saturated rings. The summed E-state index contributed by atoms with van der Waals surface area (Å²) in [6.07, 6.45) is 0. The van der Waals surface area contributed by atoms with Crippen LogP contribution in [0.25, 0.3) is 0 Å². The van der Waals surface area contributed by atoms with Gasteiger partial charge in [-0.25, -0.2) is 0 Å². The van der Waals surface area contributed by atoms with Crippen molar-refractivity contribution in [2.24, 2.45) is 0 Å². The summed E-state index contributed by atoms with van der Waals surface area (Å²) in [4.78, 5) is 0.205. The van der Waals surface area contributed by atoms with Crippen LogP contribution in [-0.2, 0) is 0 Å². The summed E-state index contributed by atoms with van der Waals surface area (Å²) >= 11 is 7.21. The Balaban J connectivity index is 2.33. The second-order valence-electron chi connectivity index (χ2n) is 4.14. The summed E-state index contributed by atoms with van der Waals surface area (Å²) in [5.41, 5.74) is 3.73. The molecular formula is C15H14Br2O. The zero-order chi connectivity index (χ0) is 13.1. The van der Waals surface area contributed by atoms with Crippen LogP contribution in [0, 0.1) is 6.92 Å². The second-order valence-corrected chi connectivity index (χ2v) is 5.97. The van der Waals surface area contributed by atoms with E-state index in [9.17, 15) is 0 Å². The molecule has 18 heavy (non-hydrogen) atoms. The fourth-order valence-electron chi connectivity index (χ4n) is 1.87. The summed E-state index contributed by atoms with van der Waals surface area (Å²) < 4.78 is 6.32. The molecule has 0 spiro atoms. The summed E-state index contributed by atoms with van der Waals surface area (Å²) in [6, 6.07) is 14.5. The Kier molecular flexibility index (Phi) is 4.46. The number of rotatable bonds is 3. The third kappa shape index (κ3) is 2.96. The molecule has 0 saturated heterocycles. The maximum Gasteiger partial charge on any atom is 0.119 e. The largest absolute Gasteiger partial charge is 0.497 e. The van der Waals surface area contributed by atoms with Crippen molar-refractivity contribution in [3.05, 3.63) is 63.6 Å². The molecule has 0 aromatic heterocycles. The highest BCUT2D eigenvalue weighted by atomic mass is 79.9. The van der Waals surface area contributed by atoms with E-state index in [0.717, 1.165) is 10.2 Å². The molecule has 0 aliphatic heterocycles. The van der Waals surface area contributed by atoms with E-state index in [1.54, 1.807) is 7.11 Å². The zero-order valence-corrected chi connectivity index (χ0v) is 13.5. The van der Waals surface area contributed by atoms with Gasteiger partial charge in [-0.2, -0.15) is 0 Å². The minimum Gasteiger partial charge on any atom is -0.497 e. The maximum absolute atomic E-state index is 5.23. The van der Waals surface area contributed by atoms with Crippen molar-refractivity contribution in [2.45, 2.75) is 11.8 Å². The molecule has 0 aliphatic carbocycles. The van der Waals surface area contributed by atoms with Crippen molar-refractivity contribution in [3.63, 3.8) is 0 Å². The molecule has 0 amide bonds. The highest BCUT2D eigenvalue weighted by Gasteiger charge is 2.13. The van der Waals surface area contributed by atoms with Gasteiger partial charge < -0.3 is 4.74 Å². The number of methoxy groups -OCH3 is 1. The molecule has 0 bridgehead atoms. The average Bonchev–Trinajstić information content (AvgIpc) is 2.38. The van der Waals surface area contributed by atoms with Gasteiger partial charge in [-0.1, -0.05) is 50.1 Å². The van der Waals surface area contributed by atoms with E-state index in [2.05, 4.69) is 75.2 Å². The quantitative estimate of drug-likeness (QED) is 0.671. The predicted molar refractivity (Wildman–Crippen MR) is 82.6 cm³/mol. The first-order valence-corrected chi connectivity index (χ1v) is 7.36. The van der Waals surface area contributed by atoms with Crippen LogP contribution in [0.4, 0.5) is 0 Å². The van der Waals surface area contributed by atoms with Crippen LogP contribution >= 0.6 is 31.9 Å². The molecule has 1 nitrogen and oxygen atoms in total. The molecule has 1 atom stereocenters. The van der Waals surface area contributed by atoms with Crippen molar-refractivity contribution in [1.29, 1.82) is 0 Å². The van der Waals surface area contributed by atoms with Gasteiger partial charge in [0.15, 0.2) is 0 Å². The number of ether oxygens (including phenoxy) is 1. The Morgan fingerprint density at radius 2 is 1.72 bits per heavy atom.